The minimum absolute atomic E-state index is 0.823. The SMILES string of the molecule is C1=Cc2c(c3ccccc3n2-c2ccc3oc4c(N(c5ccccc5)c5ccccc5)cncc4c3c2)CC1. The van der Waals surface area contributed by atoms with Gasteiger partial charge in [0.05, 0.1) is 11.7 Å². The third-order valence-electron chi connectivity index (χ3n) is 7.73. The van der Waals surface area contributed by atoms with E-state index in [9.17, 15) is 0 Å². The van der Waals surface area contributed by atoms with Gasteiger partial charge in [0, 0.05) is 45.1 Å². The molecular formula is C35H25N3O. The van der Waals surface area contributed by atoms with Crippen molar-refractivity contribution >= 4 is 56.0 Å². The van der Waals surface area contributed by atoms with Crippen molar-refractivity contribution in [2.45, 2.75) is 12.8 Å². The van der Waals surface area contributed by atoms with E-state index in [1.54, 1.807) is 0 Å². The zero-order chi connectivity index (χ0) is 25.8. The van der Waals surface area contributed by atoms with Crippen molar-refractivity contribution in [1.82, 2.24) is 9.55 Å². The summed E-state index contributed by atoms with van der Waals surface area (Å²) in [4.78, 5) is 6.91. The number of anilines is 3. The molecule has 0 atom stereocenters. The van der Waals surface area contributed by atoms with Gasteiger partial charge in [-0.2, -0.15) is 0 Å². The summed E-state index contributed by atoms with van der Waals surface area (Å²) in [5.41, 5.74) is 9.75. The molecule has 0 bridgehead atoms. The van der Waals surface area contributed by atoms with Crippen LogP contribution in [0.5, 0.6) is 0 Å². The number of hydrogen-bond acceptors (Lipinski definition) is 3. The fourth-order valence-corrected chi connectivity index (χ4v) is 6.01. The predicted octanol–water partition coefficient (Wildman–Crippen LogP) is 9.35. The molecule has 7 aromatic rings. The van der Waals surface area contributed by atoms with E-state index in [1.807, 2.05) is 24.5 Å². The van der Waals surface area contributed by atoms with Crippen molar-refractivity contribution < 1.29 is 4.42 Å². The molecule has 0 spiro atoms. The molecule has 8 rings (SSSR count). The van der Waals surface area contributed by atoms with E-state index in [0.29, 0.717) is 0 Å². The van der Waals surface area contributed by atoms with Crippen LogP contribution >= 0.6 is 0 Å². The number of pyridine rings is 1. The number of nitrogens with zero attached hydrogens (tertiary/aromatic N) is 3. The van der Waals surface area contributed by atoms with E-state index < -0.39 is 0 Å². The first-order valence-electron chi connectivity index (χ1n) is 13.4. The summed E-state index contributed by atoms with van der Waals surface area (Å²) in [5, 5.41) is 3.39. The monoisotopic (exact) mass is 503 g/mol. The Hall–Kier alpha value is -5.09. The van der Waals surface area contributed by atoms with Gasteiger partial charge in [0.1, 0.15) is 11.3 Å². The van der Waals surface area contributed by atoms with Crippen molar-refractivity contribution in [3.8, 4) is 5.69 Å². The molecule has 0 saturated heterocycles. The van der Waals surface area contributed by atoms with Gasteiger partial charge in [0.2, 0.25) is 0 Å². The molecule has 0 radical (unpaired) electrons. The Morgan fingerprint density at radius 2 is 1.46 bits per heavy atom. The molecule has 1 aliphatic rings. The first kappa shape index (κ1) is 21.9. The lowest BCUT2D eigenvalue weighted by molar-refractivity contribution is 0.668. The Kier molecular flexibility index (Phi) is 4.92. The molecular weight excluding hydrogens is 478 g/mol. The summed E-state index contributed by atoms with van der Waals surface area (Å²) in [5.74, 6) is 0. The zero-order valence-corrected chi connectivity index (χ0v) is 21.3. The lowest BCUT2D eigenvalue weighted by atomic mass is 10.0. The number of benzene rings is 4. The van der Waals surface area contributed by atoms with Crippen molar-refractivity contribution in [2.24, 2.45) is 0 Å². The van der Waals surface area contributed by atoms with E-state index >= 15 is 0 Å². The number of aromatic nitrogens is 2. The van der Waals surface area contributed by atoms with Crippen LogP contribution in [0.15, 0.2) is 126 Å². The lowest BCUT2D eigenvalue weighted by Gasteiger charge is -2.24. The summed E-state index contributed by atoms with van der Waals surface area (Å²) in [6.07, 6.45) is 10.5. The number of rotatable bonds is 4. The van der Waals surface area contributed by atoms with Crippen LogP contribution in [-0.4, -0.2) is 9.55 Å². The highest BCUT2D eigenvalue weighted by molar-refractivity contribution is 6.10. The van der Waals surface area contributed by atoms with Crippen LogP contribution in [0.3, 0.4) is 0 Å². The highest BCUT2D eigenvalue weighted by Crippen LogP contribution is 2.42. The van der Waals surface area contributed by atoms with Crippen molar-refractivity contribution in [2.75, 3.05) is 4.90 Å². The Labute approximate surface area is 226 Å². The van der Waals surface area contributed by atoms with Gasteiger partial charge in [-0.3, -0.25) is 4.98 Å². The van der Waals surface area contributed by atoms with E-state index in [0.717, 1.165) is 57.5 Å². The first-order valence-corrected chi connectivity index (χ1v) is 13.4. The first-order chi connectivity index (χ1) is 19.4. The summed E-state index contributed by atoms with van der Waals surface area (Å²) >= 11 is 0. The van der Waals surface area contributed by atoms with Crippen molar-refractivity contribution in [1.29, 1.82) is 0 Å². The molecule has 0 unspecified atom stereocenters. The van der Waals surface area contributed by atoms with Crippen LogP contribution in [-0.2, 0) is 6.42 Å². The molecule has 0 amide bonds. The number of aryl methyl sites for hydroxylation is 1. The smallest absolute Gasteiger partial charge is 0.162 e. The molecule has 3 aromatic heterocycles. The maximum absolute atomic E-state index is 6.58. The largest absolute Gasteiger partial charge is 0.454 e. The van der Waals surface area contributed by atoms with Crippen LogP contribution in [0.25, 0.3) is 44.6 Å². The lowest BCUT2D eigenvalue weighted by Crippen LogP contribution is -2.10. The second-order valence-electron chi connectivity index (χ2n) is 9.98. The van der Waals surface area contributed by atoms with Crippen LogP contribution < -0.4 is 4.90 Å². The number of furan rings is 1. The molecule has 0 saturated carbocycles. The maximum atomic E-state index is 6.58. The molecule has 3 heterocycles. The summed E-state index contributed by atoms with van der Waals surface area (Å²) in [6.45, 7) is 0. The van der Waals surface area contributed by atoms with E-state index in [1.165, 1.54) is 22.2 Å². The highest BCUT2D eigenvalue weighted by atomic mass is 16.3. The number of fused-ring (bicyclic) bond motifs is 6. The van der Waals surface area contributed by atoms with Gasteiger partial charge in [-0.05, 0) is 73.0 Å². The van der Waals surface area contributed by atoms with Gasteiger partial charge in [-0.1, -0.05) is 60.7 Å². The van der Waals surface area contributed by atoms with E-state index in [2.05, 4.69) is 113 Å². The van der Waals surface area contributed by atoms with Crippen LogP contribution in [0.2, 0.25) is 0 Å². The molecule has 39 heavy (non-hydrogen) atoms. The second kappa shape index (κ2) is 8.74. The molecule has 4 nitrogen and oxygen atoms in total. The Morgan fingerprint density at radius 1 is 0.718 bits per heavy atom. The summed E-state index contributed by atoms with van der Waals surface area (Å²) < 4.78 is 8.96. The molecule has 4 heteroatoms. The number of allylic oxidation sites excluding steroid dienone is 1. The van der Waals surface area contributed by atoms with Crippen molar-refractivity contribution in [3.63, 3.8) is 0 Å². The highest BCUT2D eigenvalue weighted by Gasteiger charge is 2.22. The van der Waals surface area contributed by atoms with Gasteiger partial charge in [0.15, 0.2) is 5.58 Å². The van der Waals surface area contributed by atoms with E-state index in [4.69, 9.17) is 9.40 Å². The van der Waals surface area contributed by atoms with Crippen molar-refractivity contribution in [3.05, 3.63) is 133 Å². The molecule has 4 aromatic carbocycles. The molecule has 1 aliphatic carbocycles. The topological polar surface area (TPSA) is 34.2 Å². The van der Waals surface area contributed by atoms with Gasteiger partial charge < -0.3 is 13.9 Å². The van der Waals surface area contributed by atoms with Gasteiger partial charge in [0.25, 0.3) is 0 Å². The van der Waals surface area contributed by atoms with Crippen LogP contribution in [0.4, 0.5) is 17.1 Å². The van der Waals surface area contributed by atoms with Gasteiger partial charge >= 0.3 is 0 Å². The molecule has 0 N–H and O–H groups in total. The predicted molar refractivity (Wildman–Crippen MR) is 160 cm³/mol. The third-order valence-corrected chi connectivity index (χ3v) is 7.73. The third kappa shape index (κ3) is 3.42. The summed E-state index contributed by atoms with van der Waals surface area (Å²) in [6, 6.07) is 36.0. The van der Waals surface area contributed by atoms with Crippen LogP contribution in [0.1, 0.15) is 17.7 Å². The number of para-hydroxylation sites is 3. The molecule has 0 fully saturated rings. The Morgan fingerprint density at radius 3 is 2.26 bits per heavy atom. The van der Waals surface area contributed by atoms with Gasteiger partial charge in [-0.15, -0.1) is 0 Å². The Balaban J connectivity index is 1.36. The molecule has 0 aliphatic heterocycles. The Bertz CT molecular complexity index is 1980. The summed E-state index contributed by atoms with van der Waals surface area (Å²) in [7, 11) is 0. The van der Waals surface area contributed by atoms with Crippen LogP contribution in [0, 0.1) is 0 Å². The van der Waals surface area contributed by atoms with E-state index in [-0.39, 0.29) is 0 Å². The quantitative estimate of drug-likeness (QED) is 0.240. The zero-order valence-electron chi connectivity index (χ0n) is 21.3. The maximum Gasteiger partial charge on any atom is 0.162 e. The average molecular weight is 504 g/mol. The fourth-order valence-electron chi connectivity index (χ4n) is 6.01. The minimum Gasteiger partial charge on any atom is -0.454 e. The normalized spacial score (nSPS) is 12.8. The minimum atomic E-state index is 0.823. The molecule has 186 valence electrons. The second-order valence-corrected chi connectivity index (χ2v) is 9.98. The average Bonchev–Trinajstić information content (AvgIpc) is 3.54. The number of hydrogen-bond donors (Lipinski definition) is 0. The fraction of sp³-hybridized carbons (Fsp3) is 0.0571. The standard InChI is InChI=1S/C35H25N3O/c1-3-11-24(12-4-1)37(25-13-5-2-6-14-25)33-23-36-22-30-29-21-26(19-20-34(29)39-35(30)33)38-31-17-9-7-15-27(31)28-16-8-10-18-32(28)38/h1-7,9-15,17-23H,8,16H2. The van der Waals surface area contributed by atoms with Gasteiger partial charge in [-0.25, -0.2) is 0 Å².